The highest BCUT2D eigenvalue weighted by atomic mass is 127. The summed E-state index contributed by atoms with van der Waals surface area (Å²) in [7, 11) is 4.22. The van der Waals surface area contributed by atoms with E-state index in [-0.39, 0.29) is 23.8 Å². The number of methoxy groups -OCH3 is 3. The Bertz CT molecular complexity index is 1190. The lowest BCUT2D eigenvalue weighted by Crippen LogP contribution is -2.30. The highest BCUT2D eigenvalue weighted by molar-refractivity contribution is 14.1. The van der Waals surface area contributed by atoms with Gasteiger partial charge in [-0.05, 0) is 142 Å². The number of carbonyl (C=O) groups is 3. The Hall–Kier alpha value is -1.74. The van der Waals surface area contributed by atoms with E-state index in [2.05, 4.69) is 77.2 Å². The first-order chi connectivity index (χ1) is 18.3. The first-order valence-electron chi connectivity index (χ1n) is 11.8. The van der Waals surface area contributed by atoms with Crippen LogP contribution in [-0.2, 0) is 40.4 Å². The molecule has 3 aromatic carbocycles. The summed E-state index contributed by atoms with van der Waals surface area (Å²) in [6, 6.07) is 23.5. The molecule has 0 radical (unpaired) electrons. The molecule has 0 saturated carbocycles. The molecule has 6 nitrogen and oxygen atoms in total. The van der Waals surface area contributed by atoms with Gasteiger partial charge in [0, 0.05) is 10.7 Å². The quantitative estimate of drug-likeness (QED) is 0.147. The number of hydrogen-bond donors (Lipinski definition) is 0. The SMILES string of the molecule is COC(=O)C(C)(C)c1ccc(I)cc1.COC(=O)C(C)c1ccc(I)cc1.COC(=O)Cc1ccc(I)cc1. The Morgan fingerprint density at radius 2 is 1.13 bits per heavy atom. The standard InChI is InChI=1S/C11H13IO2.C10H11IO2.C9H9IO2/c1-11(2,10(13)14-3)8-4-6-9(12)7-5-8;1-7(10(12)13-2)8-3-5-9(11)6-4-8;1-12-9(11)6-7-2-4-8(10)5-3-7/h4-7H,1-3H3;3-7H,1-2H3;2-5H,6H2,1H3. The predicted molar refractivity (Wildman–Crippen MR) is 179 cm³/mol. The average Bonchev–Trinajstić information content (AvgIpc) is 2.94. The molecule has 0 fully saturated rings. The zero-order valence-electron chi connectivity index (χ0n) is 22.8. The number of ether oxygens (including phenoxy) is 3. The predicted octanol–water partition coefficient (Wildman–Crippen LogP) is 7.32. The minimum absolute atomic E-state index is 0.179. The van der Waals surface area contributed by atoms with Crippen LogP contribution in [0.5, 0.6) is 0 Å². The van der Waals surface area contributed by atoms with E-state index in [1.807, 2.05) is 93.6 Å². The molecule has 9 heteroatoms. The van der Waals surface area contributed by atoms with Crippen LogP contribution in [0, 0.1) is 10.7 Å². The fourth-order valence-electron chi connectivity index (χ4n) is 3.14. The molecule has 1 atom stereocenters. The summed E-state index contributed by atoms with van der Waals surface area (Å²) in [5.74, 6) is -0.780. The second-order valence-electron chi connectivity index (χ2n) is 8.80. The molecule has 0 spiro atoms. The van der Waals surface area contributed by atoms with Crippen molar-refractivity contribution < 1.29 is 28.6 Å². The minimum atomic E-state index is -0.570. The van der Waals surface area contributed by atoms with Crippen molar-refractivity contribution in [1.82, 2.24) is 0 Å². The van der Waals surface area contributed by atoms with E-state index < -0.39 is 5.41 Å². The zero-order chi connectivity index (χ0) is 29.6. The molecule has 0 aromatic heterocycles. The van der Waals surface area contributed by atoms with Crippen LogP contribution in [0.3, 0.4) is 0 Å². The van der Waals surface area contributed by atoms with Crippen molar-refractivity contribution in [2.45, 2.75) is 38.5 Å². The first-order valence-corrected chi connectivity index (χ1v) is 15.1. The van der Waals surface area contributed by atoms with Crippen molar-refractivity contribution in [2.75, 3.05) is 21.3 Å². The summed E-state index contributed by atoms with van der Waals surface area (Å²) in [5, 5.41) is 0. The summed E-state index contributed by atoms with van der Waals surface area (Å²) in [6.07, 6.45) is 0.355. The Balaban J connectivity index is 0.000000293. The fourth-order valence-corrected chi connectivity index (χ4v) is 4.22. The molecule has 0 saturated heterocycles. The molecular weight excluding hydrogens is 837 g/mol. The molecule has 0 aliphatic rings. The van der Waals surface area contributed by atoms with Crippen LogP contribution in [-0.4, -0.2) is 39.2 Å². The van der Waals surface area contributed by atoms with E-state index >= 15 is 0 Å². The third-order valence-electron chi connectivity index (χ3n) is 5.68. The molecule has 0 aliphatic heterocycles. The van der Waals surface area contributed by atoms with Crippen LogP contribution in [0.2, 0.25) is 0 Å². The van der Waals surface area contributed by atoms with Gasteiger partial charge in [-0.1, -0.05) is 36.4 Å². The third kappa shape index (κ3) is 12.5. The van der Waals surface area contributed by atoms with Gasteiger partial charge in [-0.15, -0.1) is 0 Å². The Labute approximate surface area is 272 Å². The van der Waals surface area contributed by atoms with Crippen molar-refractivity contribution in [3.63, 3.8) is 0 Å². The minimum Gasteiger partial charge on any atom is -0.469 e. The maximum atomic E-state index is 11.5. The van der Waals surface area contributed by atoms with Crippen LogP contribution in [0.1, 0.15) is 43.4 Å². The van der Waals surface area contributed by atoms with Crippen LogP contribution in [0.15, 0.2) is 72.8 Å². The molecule has 0 bridgehead atoms. The lowest BCUT2D eigenvalue weighted by atomic mass is 9.85. The molecule has 0 aliphatic carbocycles. The van der Waals surface area contributed by atoms with Gasteiger partial charge < -0.3 is 14.2 Å². The zero-order valence-corrected chi connectivity index (χ0v) is 29.3. The second-order valence-corrected chi connectivity index (χ2v) is 12.5. The van der Waals surface area contributed by atoms with Gasteiger partial charge in [0.2, 0.25) is 0 Å². The lowest BCUT2D eigenvalue weighted by molar-refractivity contribution is -0.146. The van der Waals surface area contributed by atoms with Crippen molar-refractivity contribution in [1.29, 1.82) is 0 Å². The van der Waals surface area contributed by atoms with Crippen LogP contribution < -0.4 is 0 Å². The van der Waals surface area contributed by atoms with Crippen molar-refractivity contribution >= 4 is 85.7 Å². The van der Waals surface area contributed by atoms with Gasteiger partial charge in [0.1, 0.15) is 0 Å². The molecule has 3 rings (SSSR count). The van der Waals surface area contributed by atoms with Gasteiger partial charge in [-0.3, -0.25) is 14.4 Å². The molecule has 39 heavy (non-hydrogen) atoms. The highest BCUT2D eigenvalue weighted by Gasteiger charge is 2.30. The average molecular weight is 870 g/mol. The maximum absolute atomic E-state index is 11.5. The molecular formula is C30H33I3O6. The van der Waals surface area contributed by atoms with Crippen LogP contribution >= 0.6 is 67.8 Å². The van der Waals surface area contributed by atoms with Crippen molar-refractivity contribution in [3.8, 4) is 0 Å². The summed E-state index contributed by atoms with van der Waals surface area (Å²) >= 11 is 6.69. The number of rotatable bonds is 6. The van der Waals surface area contributed by atoms with Crippen LogP contribution in [0.4, 0.5) is 0 Å². The van der Waals surface area contributed by atoms with Crippen molar-refractivity contribution in [3.05, 3.63) is 100 Å². The smallest absolute Gasteiger partial charge is 0.315 e. The van der Waals surface area contributed by atoms with Gasteiger partial charge in [0.05, 0.1) is 39.1 Å². The topological polar surface area (TPSA) is 78.9 Å². The summed E-state index contributed by atoms with van der Waals surface area (Å²) < 4.78 is 17.5. The normalized spacial score (nSPS) is 11.0. The van der Waals surface area contributed by atoms with Crippen molar-refractivity contribution in [2.24, 2.45) is 0 Å². The highest BCUT2D eigenvalue weighted by Crippen LogP contribution is 2.25. The molecule has 3 aromatic rings. The van der Waals surface area contributed by atoms with E-state index in [1.54, 1.807) is 0 Å². The first kappa shape index (κ1) is 35.3. The van der Waals surface area contributed by atoms with E-state index in [0.29, 0.717) is 6.42 Å². The fraction of sp³-hybridized carbons (Fsp3) is 0.300. The third-order valence-corrected chi connectivity index (χ3v) is 7.83. The van der Waals surface area contributed by atoms with Gasteiger partial charge >= 0.3 is 17.9 Å². The number of esters is 3. The molecule has 0 N–H and O–H groups in total. The lowest BCUT2D eigenvalue weighted by Gasteiger charge is -2.21. The molecule has 210 valence electrons. The maximum Gasteiger partial charge on any atom is 0.315 e. The van der Waals surface area contributed by atoms with Gasteiger partial charge in [-0.25, -0.2) is 0 Å². The van der Waals surface area contributed by atoms with Gasteiger partial charge in [-0.2, -0.15) is 0 Å². The Kier molecular flexibility index (Phi) is 16.1. The van der Waals surface area contributed by atoms with Gasteiger partial charge in [0.25, 0.3) is 0 Å². The van der Waals surface area contributed by atoms with Crippen LogP contribution in [0.25, 0.3) is 0 Å². The molecule has 0 amide bonds. The van der Waals surface area contributed by atoms with E-state index in [0.717, 1.165) is 20.3 Å². The Morgan fingerprint density at radius 1 is 0.692 bits per heavy atom. The summed E-state index contributed by atoms with van der Waals surface area (Å²) in [4.78, 5) is 33.5. The second kappa shape index (κ2) is 17.8. The number of benzene rings is 3. The number of halogens is 3. The monoisotopic (exact) mass is 870 g/mol. The van der Waals surface area contributed by atoms with E-state index in [1.165, 1.54) is 28.5 Å². The summed E-state index contributed by atoms with van der Waals surface area (Å²) in [5.41, 5.74) is 2.39. The largest absolute Gasteiger partial charge is 0.469 e. The Morgan fingerprint density at radius 3 is 1.54 bits per heavy atom. The summed E-state index contributed by atoms with van der Waals surface area (Å²) in [6.45, 7) is 5.57. The van der Waals surface area contributed by atoms with E-state index in [9.17, 15) is 14.4 Å². The van der Waals surface area contributed by atoms with Gasteiger partial charge in [0.15, 0.2) is 0 Å². The molecule has 0 heterocycles. The number of carbonyl (C=O) groups excluding carboxylic acids is 3. The molecule has 1 unspecified atom stereocenters. The van der Waals surface area contributed by atoms with E-state index in [4.69, 9.17) is 4.74 Å². The number of hydrogen-bond acceptors (Lipinski definition) is 6.